The zero-order valence-corrected chi connectivity index (χ0v) is 21.5. The lowest BCUT2D eigenvalue weighted by Gasteiger charge is -2.20. The molecule has 4 nitrogen and oxygen atoms in total. The standard InChI is InChI=1S/C22H21O2P.C6H7O2P/c1-16-14-17(2)21(18(3)15-16)22(23)25(24,19-10-6-4-7-11-19)20-12-8-5-9-13-20;1-3-5(7)9-6(8)4-2/h4-15H,1-3H3;3-4,9H,1-2H2. The van der Waals surface area contributed by atoms with Crippen molar-refractivity contribution in [2.75, 3.05) is 0 Å². The fraction of sp³-hybridized carbons (Fsp3) is 0.107. The second kappa shape index (κ2) is 12.3. The SMILES string of the molecule is C=CC(=O)PC(=O)C=C.Cc1cc(C)c(C(=O)P(=O)(c2ccccc2)c2ccccc2)c(C)c1. The van der Waals surface area contributed by atoms with Gasteiger partial charge in [-0.1, -0.05) is 91.5 Å². The third-order valence-corrected chi connectivity index (χ3v) is 8.78. The molecule has 3 aromatic carbocycles. The van der Waals surface area contributed by atoms with E-state index in [1.54, 1.807) is 24.3 Å². The maximum absolute atomic E-state index is 14.2. The molecule has 0 aliphatic rings. The molecule has 174 valence electrons. The first-order chi connectivity index (χ1) is 16.1. The Kier molecular flexibility index (Phi) is 9.81. The number of allylic oxidation sites excluding steroid dienone is 2. The summed E-state index contributed by atoms with van der Waals surface area (Å²) in [4.78, 5) is 34.4. The van der Waals surface area contributed by atoms with Crippen LogP contribution in [-0.2, 0) is 14.2 Å². The van der Waals surface area contributed by atoms with Crippen molar-refractivity contribution in [1.82, 2.24) is 0 Å². The van der Waals surface area contributed by atoms with Crippen LogP contribution >= 0.6 is 15.7 Å². The Morgan fingerprint density at radius 1 is 0.735 bits per heavy atom. The minimum absolute atomic E-state index is 0.236. The van der Waals surface area contributed by atoms with Crippen molar-refractivity contribution in [1.29, 1.82) is 0 Å². The van der Waals surface area contributed by atoms with Gasteiger partial charge in [-0.25, -0.2) is 0 Å². The summed E-state index contributed by atoms with van der Waals surface area (Å²) in [6.07, 6.45) is 2.28. The lowest BCUT2D eigenvalue weighted by atomic mass is 10.0. The zero-order chi connectivity index (χ0) is 25.3. The van der Waals surface area contributed by atoms with E-state index >= 15 is 0 Å². The topological polar surface area (TPSA) is 68.3 Å². The summed E-state index contributed by atoms with van der Waals surface area (Å²) < 4.78 is 14.2. The second-order valence-electron chi connectivity index (χ2n) is 7.62. The third kappa shape index (κ3) is 6.44. The fourth-order valence-corrected chi connectivity index (χ4v) is 6.62. The number of carbonyl (C=O) groups excluding carboxylic acids is 3. The molecule has 0 N–H and O–H groups in total. The average Bonchev–Trinajstić information content (AvgIpc) is 2.84. The number of carbonyl (C=O) groups is 3. The van der Waals surface area contributed by atoms with Crippen molar-refractivity contribution in [2.45, 2.75) is 20.8 Å². The Morgan fingerprint density at radius 3 is 1.47 bits per heavy atom. The first-order valence-electron chi connectivity index (χ1n) is 10.6. The number of hydrogen-bond acceptors (Lipinski definition) is 4. The molecule has 3 aromatic rings. The molecule has 3 rings (SSSR count). The number of aryl methyl sites for hydroxylation is 3. The summed E-state index contributed by atoms with van der Waals surface area (Å²) in [6, 6.07) is 22.1. The predicted molar refractivity (Wildman–Crippen MR) is 143 cm³/mol. The Hall–Kier alpha value is -3.19. The van der Waals surface area contributed by atoms with Crippen molar-refractivity contribution in [2.24, 2.45) is 0 Å². The van der Waals surface area contributed by atoms with Gasteiger partial charge in [0.2, 0.25) is 12.7 Å². The molecule has 0 aliphatic heterocycles. The van der Waals surface area contributed by atoms with Crippen molar-refractivity contribution < 1.29 is 18.9 Å². The molecule has 34 heavy (non-hydrogen) atoms. The van der Waals surface area contributed by atoms with Crippen LogP contribution in [-0.4, -0.2) is 16.6 Å². The van der Waals surface area contributed by atoms with Crippen molar-refractivity contribution in [3.05, 3.63) is 120 Å². The van der Waals surface area contributed by atoms with Crippen LogP contribution in [0.1, 0.15) is 27.0 Å². The van der Waals surface area contributed by atoms with E-state index in [9.17, 15) is 18.9 Å². The molecular formula is C28H28O4P2. The van der Waals surface area contributed by atoms with Crippen LogP contribution in [0.15, 0.2) is 98.1 Å². The highest BCUT2D eigenvalue weighted by Crippen LogP contribution is 2.47. The highest BCUT2D eigenvalue weighted by Gasteiger charge is 2.37. The van der Waals surface area contributed by atoms with Crippen molar-refractivity contribution in [3.8, 4) is 0 Å². The molecule has 0 saturated carbocycles. The van der Waals surface area contributed by atoms with E-state index in [1.807, 2.05) is 69.3 Å². The highest BCUT2D eigenvalue weighted by atomic mass is 31.2. The second-order valence-corrected chi connectivity index (χ2v) is 11.5. The van der Waals surface area contributed by atoms with Gasteiger partial charge in [-0.15, -0.1) is 0 Å². The molecule has 0 radical (unpaired) electrons. The van der Waals surface area contributed by atoms with Gasteiger partial charge in [0.05, 0.1) is 0 Å². The molecule has 0 unspecified atom stereocenters. The van der Waals surface area contributed by atoms with Gasteiger partial charge < -0.3 is 4.57 Å². The van der Waals surface area contributed by atoms with Crippen LogP contribution in [0.25, 0.3) is 0 Å². The van der Waals surface area contributed by atoms with E-state index in [1.165, 1.54) is 0 Å². The van der Waals surface area contributed by atoms with Gasteiger partial charge in [0.1, 0.15) is 0 Å². The van der Waals surface area contributed by atoms with E-state index in [0.717, 1.165) is 28.8 Å². The van der Waals surface area contributed by atoms with Gasteiger partial charge in [0.15, 0.2) is 11.0 Å². The molecule has 0 spiro atoms. The minimum atomic E-state index is -3.44. The highest BCUT2D eigenvalue weighted by molar-refractivity contribution is 7.93. The van der Waals surface area contributed by atoms with Crippen LogP contribution < -0.4 is 10.6 Å². The number of benzene rings is 3. The molecule has 0 amide bonds. The van der Waals surface area contributed by atoms with E-state index in [0.29, 0.717) is 16.2 Å². The van der Waals surface area contributed by atoms with Crippen LogP contribution in [0.3, 0.4) is 0 Å². The Morgan fingerprint density at radius 2 is 1.12 bits per heavy atom. The van der Waals surface area contributed by atoms with E-state index in [-0.39, 0.29) is 25.2 Å². The van der Waals surface area contributed by atoms with E-state index in [2.05, 4.69) is 13.2 Å². The van der Waals surface area contributed by atoms with E-state index in [4.69, 9.17) is 0 Å². The van der Waals surface area contributed by atoms with Gasteiger partial charge in [0, 0.05) is 24.8 Å². The molecule has 0 atom stereocenters. The molecule has 0 fully saturated rings. The molecule has 0 bridgehead atoms. The Balaban J connectivity index is 0.000000387. The molecule has 0 aromatic heterocycles. The first kappa shape index (κ1) is 27.1. The molecular weight excluding hydrogens is 462 g/mol. The van der Waals surface area contributed by atoms with Crippen LogP contribution in [0.4, 0.5) is 0 Å². The molecule has 0 saturated heterocycles. The maximum Gasteiger partial charge on any atom is 0.230 e. The lowest BCUT2D eigenvalue weighted by Crippen LogP contribution is -2.23. The Bertz CT molecular complexity index is 1180. The van der Waals surface area contributed by atoms with Gasteiger partial charge in [-0.3, -0.25) is 14.4 Å². The summed E-state index contributed by atoms with van der Waals surface area (Å²) in [5.41, 5.74) is 2.64. The van der Waals surface area contributed by atoms with Crippen LogP contribution in [0.5, 0.6) is 0 Å². The third-order valence-electron chi connectivity index (χ3n) is 5.03. The van der Waals surface area contributed by atoms with Gasteiger partial charge in [-0.2, -0.15) is 0 Å². The van der Waals surface area contributed by atoms with Crippen LogP contribution in [0.2, 0.25) is 0 Å². The maximum atomic E-state index is 14.2. The summed E-state index contributed by atoms with van der Waals surface area (Å²) in [5, 5.41) is 1.15. The van der Waals surface area contributed by atoms with Gasteiger partial charge in [0.25, 0.3) is 0 Å². The number of rotatable bonds is 8. The minimum Gasteiger partial charge on any atom is -0.305 e. The van der Waals surface area contributed by atoms with Crippen LogP contribution in [0, 0.1) is 20.8 Å². The quantitative estimate of drug-likeness (QED) is 0.293. The summed E-state index contributed by atoms with van der Waals surface area (Å²) in [6.45, 7) is 12.3. The van der Waals surface area contributed by atoms with Crippen molar-refractivity contribution >= 4 is 42.9 Å². The largest absolute Gasteiger partial charge is 0.305 e. The fourth-order valence-electron chi connectivity index (χ4n) is 3.56. The monoisotopic (exact) mass is 490 g/mol. The summed E-state index contributed by atoms with van der Waals surface area (Å²) in [5.74, 6) is 0. The van der Waals surface area contributed by atoms with Gasteiger partial charge in [-0.05, 0) is 44.1 Å². The first-order valence-corrected chi connectivity index (χ1v) is 13.3. The summed E-state index contributed by atoms with van der Waals surface area (Å²) in [7, 11) is -3.78. The predicted octanol–water partition coefficient (Wildman–Crippen LogP) is 5.86. The lowest BCUT2D eigenvalue weighted by molar-refractivity contribution is -0.109. The van der Waals surface area contributed by atoms with E-state index < -0.39 is 7.14 Å². The smallest absolute Gasteiger partial charge is 0.230 e. The zero-order valence-electron chi connectivity index (χ0n) is 19.6. The Labute approximate surface area is 203 Å². The number of hydrogen-bond donors (Lipinski definition) is 0. The summed E-state index contributed by atoms with van der Waals surface area (Å²) >= 11 is 0. The molecule has 6 heteroatoms. The van der Waals surface area contributed by atoms with Crippen molar-refractivity contribution in [3.63, 3.8) is 0 Å². The average molecular weight is 490 g/mol. The molecule has 0 aliphatic carbocycles. The normalized spacial score (nSPS) is 10.4. The molecule has 0 heterocycles. The van der Waals surface area contributed by atoms with Gasteiger partial charge >= 0.3 is 0 Å².